The number of rotatable bonds is 5. The molecule has 0 bridgehead atoms. The minimum Gasteiger partial charge on any atom is -0.343 e. The van der Waals surface area contributed by atoms with Crippen molar-refractivity contribution in [3.8, 4) is 0 Å². The lowest BCUT2D eigenvalue weighted by atomic mass is 9.87. The Morgan fingerprint density at radius 3 is 2.19 bits per heavy atom. The first-order chi connectivity index (χ1) is 12.5. The number of carbonyl (C=O) groups excluding carboxylic acids is 1. The van der Waals surface area contributed by atoms with Crippen LogP contribution in [0.2, 0.25) is 0 Å². The van der Waals surface area contributed by atoms with Crippen molar-refractivity contribution in [2.75, 3.05) is 13.1 Å². The average Bonchev–Trinajstić information content (AvgIpc) is 2.65. The third-order valence-electron chi connectivity index (χ3n) is 5.29. The van der Waals surface area contributed by atoms with Crippen LogP contribution in [0.15, 0.2) is 48.5 Å². The summed E-state index contributed by atoms with van der Waals surface area (Å²) in [6.45, 7) is 3.57. The van der Waals surface area contributed by atoms with Gasteiger partial charge >= 0.3 is 0 Å². The zero-order chi connectivity index (χ0) is 18.5. The van der Waals surface area contributed by atoms with Gasteiger partial charge in [0.2, 0.25) is 5.91 Å². The molecule has 0 aliphatic carbocycles. The van der Waals surface area contributed by atoms with Crippen LogP contribution in [0.5, 0.6) is 0 Å². The second kappa shape index (κ2) is 8.45. The maximum absolute atomic E-state index is 13.3. The molecule has 0 radical (unpaired) electrons. The number of halogens is 1. The molecule has 0 aromatic heterocycles. The summed E-state index contributed by atoms with van der Waals surface area (Å²) in [5.41, 5.74) is 9.34. The van der Waals surface area contributed by atoms with Crippen LogP contribution in [-0.4, -0.2) is 29.9 Å². The SMILES string of the molecule is Cc1ccc(C(CCC(=O)N2CCC(N)CC2)c2ccc(F)cc2)cc1. The molecule has 1 amide bonds. The highest BCUT2D eigenvalue weighted by Crippen LogP contribution is 2.30. The monoisotopic (exact) mass is 354 g/mol. The molecule has 138 valence electrons. The molecule has 4 heteroatoms. The molecule has 1 fully saturated rings. The van der Waals surface area contributed by atoms with Gasteiger partial charge in [0.15, 0.2) is 0 Å². The normalized spacial score (nSPS) is 16.5. The zero-order valence-corrected chi connectivity index (χ0v) is 15.3. The molecule has 3 nitrogen and oxygen atoms in total. The van der Waals surface area contributed by atoms with Crippen LogP contribution < -0.4 is 5.73 Å². The molecule has 1 atom stereocenters. The predicted molar refractivity (Wildman–Crippen MR) is 102 cm³/mol. The number of nitrogens with zero attached hydrogens (tertiary/aromatic N) is 1. The van der Waals surface area contributed by atoms with Crippen molar-refractivity contribution in [1.82, 2.24) is 4.90 Å². The van der Waals surface area contributed by atoms with E-state index in [1.165, 1.54) is 17.7 Å². The summed E-state index contributed by atoms with van der Waals surface area (Å²) < 4.78 is 13.3. The molecule has 2 N–H and O–H groups in total. The summed E-state index contributed by atoms with van der Waals surface area (Å²) in [4.78, 5) is 14.5. The molecule has 3 rings (SSSR count). The quantitative estimate of drug-likeness (QED) is 0.882. The van der Waals surface area contributed by atoms with Crippen molar-refractivity contribution in [1.29, 1.82) is 0 Å². The smallest absolute Gasteiger partial charge is 0.222 e. The van der Waals surface area contributed by atoms with Crippen molar-refractivity contribution in [3.05, 3.63) is 71.0 Å². The van der Waals surface area contributed by atoms with Gasteiger partial charge in [0.1, 0.15) is 5.82 Å². The molecule has 1 aliphatic heterocycles. The zero-order valence-electron chi connectivity index (χ0n) is 15.3. The first kappa shape index (κ1) is 18.6. The number of piperidine rings is 1. The maximum atomic E-state index is 13.3. The highest BCUT2D eigenvalue weighted by Gasteiger charge is 2.22. The Morgan fingerprint density at radius 2 is 1.62 bits per heavy atom. The van der Waals surface area contributed by atoms with Gasteiger partial charge in [0.25, 0.3) is 0 Å². The van der Waals surface area contributed by atoms with Gasteiger partial charge < -0.3 is 10.6 Å². The summed E-state index contributed by atoms with van der Waals surface area (Å²) in [6.07, 6.45) is 2.97. The number of carbonyl (C=O) groups is 1. The van der Waals surface area contributed by atoms with Crippen LogP contribution in [0.1, 0.15) is 48.3 Å². The third-order valence-corrected chi connectivity index (χ3v) is 5.29. The fourth-order valence-electron chi connectivity index (χ4n) is 3.59. The second-order valence-corrected chi connectivity index (χ2v) is 7.27. The van der Waals surface area contributed by atoms with Crippen LogP contribution in [-0.2, 0) is 4.79 Å². The molecular weight excluding hydrogens is 327 g/mol. The first-order valence-electron chi connectivity index (χ1n) is 9.38. The highest BCUT2D eigenvalue weighted by molar-refractivity contribution is 5.76. The van der Waals surface area contributed by atoms with Crippen molar-refractivity contribution in [2.45, 2.75) is 44.6 Å². The number of hydrogen-bond acceptors (Lipinski definition) is 2. The van der Waals surface area contributed by atoms with Crippen molar-refractivity contribution in [2.24, 2.45) is 5.73 Å². The average molecular weight is 354 g/mol. The standard InChI is InChI=1S/C22H27FN2O/c1-16-2-4-17(5-3-16)21(18-6-8-19(23)9-7-18)10-11-22(26)25-14-12-20(24)13-15-25/h2-9,20-21H,10-15,24H2,1H3. The third kappa shape index (κ3) is 4.70. The molecule has 2 aromatic rings. The minimum absolute atomic E-state index is 0.0900. The number of nitrogens with two attached hydrogens (primary N) is 1. The summed E-state index contributed by atoms with van der Waals surface area (Å²) in [6, 6.07) is 15.2. The minimum atomic E-state index is -0.239. The lowest BCUT2D eigenvalue weighted by Crippen LogP contribution is -2.42. The van der Waals surface area contributed by atoms with Gasteiger partial charge in [-0.2, -0.15) is 0 Å². The Morgan fingerprint density at radius 1 is 1.08 bits per heavy atom. The molecular formula is C22H27FN2O. The van der Waals surface area contributed by atoms with Crippen molar-refractivity contribution < 1.29 is 9.18 Å². The van der Waals surface area contributed by atoms with Gasteiger partial charge in [-0.3, -0.25) is 4.79 Å². The van der Waals surface area contributed by atoms with Crippen LogP contribution in [0.25, 0.3) is 0 Å². The van der Waals surface area contributed by atoms with Crippen molar-refractivity contribution in [3.63, 3.8) is 0 Å². The number of likely N-dealkylation sites (tertiary alicyclic amines) is 1. The largest absolute Gasteiger partial charge is 0.343 e. The van der Waals surface area contributed by atoms with Crippen molar-refractivity contribution >= 4 is 5.91 Å². The topological polar surface area (TPSA) is 46.3 Å². The van der Waals surface area contributed by atoms with Gasteiger partial charge in [-0.1, -0.05) is 42.0 Å². The number of aryl methyl sites for hydroxylation is 1. The van der Waals surface area contributed by atoms with Crippen LogP contribution in [0.3, 0.4) is 0 Å². The van der Waals surface area contributed by atoms with E-state index in [1.807, 2.05) is 17.0 Å². The van der Waals surface area contributed by atoms with E-state index < -0.39 is 0 Å². The van der Waals surface area contributed by atoms with Gasteiger partial charge in [-0.05, 0) is 49.4 Å². The Bertz CT molecular complexity index is 673. The van der Waals surface area contributed by atoms with Crippen LogP contribution in [0, 0.1) is 12.7 Å². The molecule has 1 aliphatic rings. The summed E-state index contributed by atoms with van der Waals surface area (Å²) in [5, 5.41) is 0. The number of hydrogen-bond donors (Lipinski definition) is 1. The molecule has 2 aromatic carbocycles. The van der Waals surface area contributed by atoms with Gasteiger partial charge in [0.05, 0.1) is 0 Å². The van der Waals surface area contributed by atoms with E-state index in [1.54, 1.807) is 0 Å². The van der Waals surface area contributed by atoms with E-state index in [0.717, 1.165) is 43.5 Å². The first-order valence-corrected chi connectivity index (χ1v) is 9.38. The molecule has 1 saturated heterocycles. The Hall–Kier alpha value is -2.20. The van der Waals surface area contributed by atoms with E-state index in [9.17, 15) is 9.18 Å². The summed E-state index contributed by atoms with van der Waals surface area (Å²) >= 11 is 0. The van der Waals surface area contributed by atoms with E-state index >= 15 is 0 Å². The second-order valence-electron chi connectivity index (χ2n) is 7.27. The lowest BCUT2D eigenvalue weighted by Gasteiger charge is -2.30. The fourth-order valence-corrected chi connectivity index (χ4v) is 3.59. The van der Waals surface area contributed by atoms with E-state index in [4.69, 9.17) is 5.73 Å². The van der Waals surface area contributed by atoms with Crippen LogP contribution in [0.4, 0.5) is 4.39 Å². The van der Waals surface area contributed by atoms with Gasteiger partial charge in [-0.25, -0.2) is 4.39 Å². The van der Waals surface area contributed by atoms with Gasteiger partial charge in [0, 0.05) is 31.5 Å². The molecule has 1 heterocycles. The Kier molecular flexibility index (Phi) is 6.04. The maximum Gasteiger partial charge on any atom is 0.222 e. The lowest BCUT2D eigenvalue weighted by molar-refractivity contribution is -0.132. The number of amides is 1. The number of benzene rings is 2. The summed E-state index contributed by atoms with van der Waals surface area (Å²) in [5.74, 6) is 0.0421. The molecule has 1 unspecified atom stereocenters. The predicted octanol–water partition coefficient (Wildman–Crippen LogP) is 4.00. The van der Waals surface area contributed by atoms with E-state index in [0.29, 0.717) is 6.42 Å². The summed E-state index contributed by atoms with van der Waals surface area (Å²) in [7, 11) is 0. The Labute approximate surface area is 155 Å². The highest BCUT2D eigenvalue weighted by atomic mass is 19.1. The fraction of sp³-hybridized carbons (Fsp3) is 0.409. The molecule has 26 heavy (non-hydrogen) atoms. The van der Waals surface area contributed by atoms with Crippen LogP contribution >= 0.6 is 0 Å². The van der Waals surface area contributed by atoms with E-state index in [2.05, 4.69) is 31.2 Å². The van der Waals surface area contributed by atoms with Gasteiger partial charge in [-0.15, -0.1) is 0 Å². The van der Waals surface area contributed by atoms with E-state index in [-0.39, 0.29) is 23.7 Å². The Balaban J connectivity index is 1.72. The molecule has 0 spiro atoms. The molecule has 0 saturated carbocycles.